The highest BCUT2D eigenvalue weighted by Gasteiger charge is 2.25. The van der Waals surface area contributed by atoms with E-state index < -0.39 is 0 Å². The van der Waals surface area contributed by atoms with Crippen LogP contribution in [0, 0.1) is 0 Å². The lowest BCUT2D eigenvalue weighted by Crippen LogP contribution is -2.47. The largest absolute Gasteiger partial charge is 0.326 e. The molecule has 1 saturated carbocycles. The van der Waals surface area contributed by atoms with Crippen LogP contribution in [0.2, 0.25) is 0 Å². The molecule has 2 N–H and O–H groups in total. The molecule has 3 nitrogen and oxygen atoms in total. The monoisotopic (exact) mass is 269 g/mol. The maximum absolute atomic E-state index is 6.27. The van der Waals surface area contributed by atoms with Crippen molar-refractivity contribution in [2.75, 3.05) is 7.05 Å². The van der Waals surface area contributed by atoms with E-state index in [0.717, 1.165) is 18.5 Å². The summed E-state index contributed by atoms with van der Waals surface area (Å²) < 4.78 is 0. The molecule has 0 aliphatic heterocycles. The van der Waals surface area contributed by atoms with E-state index in [2.05, 4.69) is 41.2 Å². The molecule has 1 heterocycles. The standard InChI is InChI=1S/C17H23N3/c1-20(17-7-3-2-6-15(17)18)12-13-8-9-16-14(11-13)5-4-10-19-16/h4-5,8-11,15,17H,2-3,6-7,12,18H2,1H3. The fourth-order valence-electron chi connectivity index (χ4n) is 3.32. The van der Waals surface area contributed by atoms with Gasteiger partial charge in [-0.2, -0.15) is 0 Å². The Morgan fingerprint density at radius 2 is 2.10 bits per heavy atom. The van der Waals surface area contributed by atoms with Crippen LogP contribution in [0.25, 0.3) is 10.9 Å². The minimum atomic E-state index is 0.330. The second-order valence-corrected chi connectivity index (χ2v) is 5.96. The Labute approximate surface area is 120 Å². The zero-order chi connectivity index (χ0) is 13.9. The Hall–Kier alpha value is -1.45. The molecule has 0 bridgehead atoms. The molecular weight excluding hydrogens is 246 g/mol. The molecule has 1 aliphatic carbocycles. The van der Waals surface area contributed by atoms with Gasteiger partial charge in [0.25, 0.3) is 0 Å². The minimum Gasteiger partial charge on any atom is -0.326 e. The summed E-state index contributed by atoms with van der Waals surface area (Å²) in [6.45, 7) is 0.962. The van der Waals surface area contributed by atoms with E-state index in [-0.39, 0.29) is 0 Å². The lowest BCUT2D eigenvalue weighted by molar-refractivity contribution is 0.162. The summed E-state index contributed by atoms with van der Waals surface area (Å²) in [7, 11) is 2.20. The highest BCUT2D eigenvalue weighted by molar-refractivity contribution is 5.78. The van der Waals surface area contributed by atoms with Crippen molar-refractivity contribution in [3.05, 3.63) is 42.1 Å². The normalized spacial score (nSPS) is 23.4. The molecule has 0 amide bonds. The Morgan fingerprint density at radius 3 is 2.95 bits per heavy atom. The zero-order valence-electron chi connectivity index (χ0n) is 12.1. The number of fused-ring (bicyclic) bond motifs is 1. The van der Waals surface area contributed by atoms with Gasteiger partial charge >= 0.3 is 0 Å². The van der Waals surface area contributed by atoms with Crippen LogP contribution in [0.3, 0.4) is 0 Å². The van der Waals surface area contributed by atoms with E-state index in [1.807, 2.05) is 12.3 Å². The summed E-state index contributed by atoms with van der Waals surface area (Å²) in [5, 5.41) is 1.21. The van der Waals surface area contributed by atoms with Crippen LogP contribution in [-0.4, -0.2) is 29.0 Å². The van der Waals surface area contributed by atoms with Crippen molar-refractivity contribution in [3.63, 3.8) is 0 Å². The first-order chi connectivity index (χ1) is 9.74. The number of nitrogens with two attached hydrogens (primary N) is 1. The van der Waals surface area contributed by atoms with Crippen molar-refractivity contribution in [2.24, 2.45) is 5.73 Å². The third-order valence-electron chi connectivity index (χ3n) is 4.45. The molecule has 3 rings (SSSR count). The molecule has 1 aromatic heterocycles. The van der Waals surface area contributed by atoms with E-state index in [0.29, 0.717) is 12.1 Å². The Morgan fingerprint density at radius 1 is 1.25 bits per heavy atom. The van der Waals surface area contributed by atoms with Crippen LogP contribution < -0.4 is 5.73 Å². The molecule has 1 aromatic carbocycles. The summed E-state index contributed by atoms with van der Waals surface area (Å²) in [4.78, 5) is 6.79. The van der Waals surface area contributed by atoms with E-state index in [1.54, 1.807) is 0 Å². The lowest BCUT2D eigenvalue weighted by atomic mass is 9.90. The second kappa shape index (κ2) is 5.90. The number of hydrogen-bond donors (Lipinski definition) is 1. The molecule has 2 atom stereocenters. The van der Waals surface area contributed by atoms with E-state index in [1.165, 1.54) is 30.2 Å². The maximum atomic E-state index is 6.27. The predicted molar refractivity (Wildman–Crippen MR) is 83.4 cm³/mol. The van der Waals surface area contributed by atoms with Crippen molar-refractivity contribution in [1.82, 2.24) is 9.88 Å². The van der Waals surface area contributed by atoms with Crippen molar-refractivity contribution in [1.29, 1.82) is 0 Å². The van der Waals surface area contributed by atoms with Gasteiger partial charge in [0.15, 0.2) is 0 Å². The van der Waals surface area contributed by atoms with Gasteiger partial charge in [-0.1, -0.05) is 25.0 Å². The molecule has 0 spiro atoms. The number of nitrogens with zero attached hydrogens (tertiary/aromatic N) is 2. The van der Waals surface area contributed by atoms with Gasteiger partial charge in [0.2, 0.25) is 0 Å². The number of benzene rings is 1. The van der Waals surface area contributed by atoms with Gasteiger partial charge in [-0.15, -0.1) is 0 Å². The minimum absolute atomic E-state index is 0.330. The third kappa shape index (κ3) is 2.84. The van der Waals surface area contributed by atoms with Crippen LogP contribution in [-0.2, 0) is 6.54 Å². The first kappa shape index (κ1) is 13.5. The molecule has 106 valence electrons. The van der Waals surface area contributed by atoms with Crippen molar-refractivity contribution in [3.8, 4) is 0 Å². The SMILES string of the molecule is CN(Cc1ccc2ncccc2c1)C1CCCCC1N. The van der Waals surface area contributed by atoms with Crippen molar-refractivity contribution >= 4 is 10.9 Å². The van der Waals surface area contributed by atoms with E-state index in [9.17, 15) is 0 Å². The van der Waals surface area contributed by atoms with Gasteiger partial charge in [0.05, 0.1) is 5.52 Å². The third-order valence-corrected chi connectivity index (χ3v) is 4.45. The highest BCUT2D eigenvalue weighted by atomic mass is 15.1. The van der Waals surface area contributed by atoms with Crippen LogP contribution >= 0.6 is 0 Å². The van der Waals surface area contributed by atoms with E-state index in [4.69, 9.17) is 5.73 Å². The number of rotatable bonds is 3. The summed E-state index contributed by atoms with van der Waals surface area (Å²) in [6.07, 6.45) is 6.83. The fourth-order valence-corrected chi connectivity index (χ4v) is 3.32. The Kier molecular flexibility index (Phi) is 3.99. The first-order valence-electron chi connectivity index (χ1n) is 7.53. The van der Waals surface area contributed by atoms with E-state index >= 15 is 0 Å². The predicted octanol–water partition coefficient (Wildman–Crippen LogP) is 2.94. The molecule has 0 saturated heterocycles. The zero-order valence-corrected chi connectivity index (χ0v) is 12.1. The molecule has 2 unspecified atom stereocenters. The molecule has 0 radical (unpaired) electrons. The van der Waals surface area contributed by atoms with Gasteiger partial charge in [-0.25, -0.2) is 0 Å². The lowest BCUT2D eigenvalue weighted by Gasteiger charge is -2.36. The number of likely N-dealkylation sites (N-methyl/N-ethyl adjacent to an activating group) is 1. The second-order valence-electron chi connectivity index (χ2n) is 5.96. The molecular formula is C17H23N3. The van der Waals surface area contributed by atoms with Crippen LogP contribution in [0.1, 0.15) is 31.2 Å². The first-order valence-corrected chi connectivity index (χ1v) is 7.53. The number of hydrogen-bond acceptors (Lipinski definition) is 3. The van der Waals surface area contributed by atoms with Gasteiger partial charge in [-0.05, 0) is 43.7 Å². The van der Waals surface area contributed by atoms with Crippen LogP contribution in [0.5, 0.6) is 0 Å². The van der Waals surface area contributed by atoms with Crippen LogP contribution in [0.15, 0.2) is 36.5 Å². The summed E-state index contributed by atoms with van der Waals surface area (Å²) in [6, 6.07) is 11.5. The van der Waals surface area contributed by atoms with Crippen LogP contribution in [0.4, 0.5) is 0 Å². The number of aromatic nitrogens is 1. The van der Waals surface area contributed by atoms with Crippen molar-refractivity contribution in [2.45, 2.75) is 44.3 Å². The molecule has 1 aliphatic rings. The fraction of sp³-hybridized carbons (Fsp3) is 0.471. The Bertz CT molecular complexity index is 581. The van der Waals surface area contributed by atoms with Gasteiger partial charge in [0, 0.05) is 30.2 Å². The maximum Gasteiger partial charge on any atom is 0.0702 e. The summed E-state index contributed by atoms with van der Waals surface area (Å²) in [5.41, 5.74) is 8.67. The Balaban J connectivity index is 1.74. The summed E-state index contributed by atoms with van der Waals surface area (Å²) >= 11 is 0. The molecule has 1 fully saturated rings. The average molecular weight is 269 g/mol. The number of pyridine rings is 1. The highest BCUT2D eigenvalue weighted by Crippen LogP contribution is 2.23. The topological polar surface area (TPSA) is 42.2 Å². The average Bonchev–Trinajstić information content (AvgIpc) is 2.47. The molecule has 2 aromatic rings. The quantitative estimate of drug-likeness (QED) is 0.931. The van der Waals surface area contributed by atoms with Gasteiger partial charge in [-0.3, -0.25) is 9.88 Å². The summed E-state index contributed by atoms with van der Waals surface area (Å²) in [5.74, 6) is 0. The molecule has 20 heavy (non-hydrogen) atoms. The van der Waals surface area contributed by atoms with Gasteiger partial charge < -0.3 is 5.73 Å². The van der Waals surface area contributed by atoms with Crippen molar-refractivity contribution < 1.29 is 0 Å². The smallest absolute Gasteiger partial charge is 0.0702 e. The van der Waals surface area contributed by atoms with Gasteiger partial charge in [0.1, 0.15) is 0 Å². The molecule has 3 heteroatoms.